The lowest BCUT2D eigenvalue weighted by Gasteiger charge is -2.07. The normalized spacial score (nSPS) is 17.3. The lowest BCUT2D eigenvalue weighted by Crippen LogP contribution is -2.23. The number of hydrogen-bond acceptors (Lipinski definition) is 6. The van der Waals surface area contributed by atoms with Crippen LogP contribution < -0.4 is 0 Å². The Morgan fingerprint density at radius 2 is 2.19 bits per heavy atom. The number of thioether (sulfide) groups is 1. The molecule has 0 spiro atoms. The highest BCUT2D eigenvalue weighted by molar-refractivity contribution is 9.10. The lowest BCUT2D eigenvalue weighted by molar-refractivity contribution is -0.121. The summed E-state index contributed by atoms with van der Waals surface area (Å²) in [6, 6.07) is 10.3. The first kappa shape index (κ1) is 18.5. The fraction of sp³-hybridized carbons (Fsp3) is 0.167. The van der Waals surface area contributed by atoms with E-state index in [1.807, 2.05) is 0 Å². The van der Waals surface area contributed by atoms with Crippen LogP contribution in [0.25, 0.3) is 6.08 Å². The summed E-state index contributed by atoms with van der Waals surface area (Å²) in [4.78, 5) is 30.7. The minimum Gasteiger partial charge on any atom is -0.462 e. The summed E-state index contributed by atoms with van der Waals surface area (Å²) in [5.74, 6) is 0.0107. The maximum absolute atomic E-state index is 12.4. The Kier molecular flexibility index (Phi) is 5.63. The first-order valence-electron chi connectivity index (χ1n) is 7.76. The van der Waals surface area contributed by atoms with Gasteiger partial charge in [0.05, 0.1) is 22.8 Å². The summed E-state index contributed by atoms with van der Waals surface area (Å²) < 4.78 is 11.0. The number of rotatable bonds is 4. The molecule has 1 aromatic heterocycles. The maximum Gasteiger partial charge on any atom is 0.338 e. The number of carbonyl (C=O) groups is 2. The van der Waals surface area contributed by atoms with Crippen LogP contribution in [0.1, 0.15) is 23.0 Å². The van der Waals surface area contributed by atoms with E-state index in [2.05, 4.69) is 20.9 Å². The Bertz CT molecular complexity index is 919. The Morgan fingerprint density at radius 1 is 1.38 bits per heavy atom. The van der Waals surface area contributed by atoms with E-state index in [1.165, 1.54) is 16.7 Å². The zero-order chi connectivity index (χ0) is 18.7. The summed E-state index contributed by atoms with van der Waals surface area (Å²) in [6.07, 6.45) is 1.67. The zero-order valence-electron chi connectivity index (χ0n) is 14.1. The molecule has 0 radical (unpaired) electrons. The number of aliphatic imine (C=N–C) groups is 1. The van der Waals surface area contributed by atoms with Gasteiger partial charge in [-0.2, -0.15) is 0 Å². The standard InChI is InChI=1S/C18H15BrN2O4S/c1-3-24-17(23)11-5-4-6-12(9-11)20-18-21(2)16(22)14(26-18)10-13-7-8-15(19)25-13/h4-10H,3H2,1-2H3. The lowest BCUT2D eigenvalue weighted by atomic mass is 10.2. The van der Waals surface area contributed by atoms with Gasteiger partial charge in [-0.1, -0.05) is 6.07 Å². The van der Waals surface area contributed by atoms with Crippen molar-refractivity contribution in [3.63, 3.8) is 0 Å². The van der Waals surface area contributed by atoms with Crippen LogP contribution in [-0.2, 0) is 9.53 Å². The third-order valence-corrected chi connectivity index (χ3v) is 4.94. The molecular formula is C18H15BrN2O4S. The van der Waals surface area contributed by atoms with Crippen molar-refractivity contribution in [3.05, 3.63) is 57.3 Å². The molecule has 1 fully saturated rings. The van der Waals surface area contributed by atoms with Gasteiger partial charge >= 0.3 is 5.97 Å². The second-order valence-corrected chi connectivity index (χ2v) is 7.07. The van der Waals surface area contributed by atoms with Gasteiger partial charge in [0.1, 0.15) is 5.76 Å². The Morgan fingerprint density at radius 3 is 2.88 bits per heavy atom. The summed E-state index contributed by atoms with van der Waals surface area (Å²) in [5, 5.41) is 0.521. The molecule has 6 nitrogen and oxygen atoms in total. The van der Waals surface area contributed by atoms with Crippen molar-refractivity contribution in [2.45, 2.75) is 6.92 Å². The Labute approximate surface area is 163 Å². The Balaban J connectivity index is 1.85. The first-order valence-corrected chi connectivity index (χ1v) is 9.37. The number of halogens is 1. The van der Waals surface area contributed by atoms with E-state index in [0.29, 0.717) is 38.4 Å². The number of nitrogens with zero attached hydrogens (tertiary/aromatic N) is 2. The molecule has 2 heterocycles. The largest absolute Gasteiger partial charge is 0.462 e. The number of likely N-dealkylation sites (N-methyl/N-ethyl adjacent to an activating group) is 1. The average Bonchev–Trinajstić information content (AvgIpc) is 3.14. The number of benzene rings is 1. The monoisotopic (exact) mass is 434 g/mol. The van der Waals surface area contributed by atoms with Crippen molar-refractivity contribution in [1.29, 1.82) is 0 Å². The van der Waals surface area contributed by atoms with Crippen LogP contribution in [0.4, 0.5) is 5.69 Å². The minimum atomic E-state index is -0.401. The molecule has 134 valence electrons. The smallest absolute Gasteiger partial charge is 0.338 e. The van der Waals surface area contributed by atoms with E-state index in [9.17, 15) is 9.59 Å². The highest BCUT2D eigenvalue weighted by Crippen LogP contribution is 2.33. The van der Waals surface area contributed by atoms with Crippen LogP contribution in [0, 0.1) is 0 Å². The predicted octanol–water partition coefficient (Wildman–Crippen LogP) is 4.45. The molecule has 0 unspecified atom stereocenters. The highest BCUT2D eigenvalue weighted by Gasteiger charge is 2.30. The molecular weight excluding hydrogens is 420 g/mol. The van der Waals surface area contributed by atoms with Gasteiger partial charge in [0.2, 0.25) is 0 Å². The molecule has 8 heteroatoms. The number of esters is 1. The van der Waals surface area contributed by atoms with Crippen molar-refractivity contribution in [2.24, 2.45) is 4.99 Å². The summed E-state index contributed by atoms with van der Waals surface area (Å²) in [6.45, 7) is 2.06. The third-order valence-electron chi connectivity index (χ3n) is 3.45. The predicted molar refractivity (Wildman–Crippen MR) is 104 cm³/mol. The van der Waals surface area contributed by atoms with E-state index in [-0.39, 0.29) is 5.91 Å². The van der Waals surface area contributed by atoms with Crippen molar-refractivity contribution in [3.8, 4) is 0 Å². The molecule has 1 aliphatic rings. The molecule has 26 heavy (non-hydrogen) atoms. The fourth-order valence-electron chi connectivity index (χ4n) is 2.21. The highest BCUT2D eigenvalue weighted by atomic mass is 79.9. The van der Waals surface area contributed by atoms with Crippen LogP contribution in [-0.4, -0.2) is 35.6 Å². The number of ether oxygens (including phenoxy) is 1. The maximum atomic E-state index is 12.4. The molecule has 0 saturated carbocycles. The first-order chi connectivity index (χ1) is 12.5. The van der Waals surface area contributed by atoms with Crippen LogP contribution in [0.2, 0.25) is 0 Å². The topological polar surface area (TPSA) is 72.1 Å². The van der Waals surface area contributed by atoms with Crippen LogP contribution in [0.5, 0.6) is 0 Å². The number of hydrogen-bond donors (Lipinski definition) is 0. The fourth-order valence-corrected chi connectivity index (χ4v) is 3.50. The van der Waals surface area contributed by atoms with Gasteiger partial charge in [-0.3, -0.25) is 9.69 Å². The van der Waals surface area contributed by atoms with E-state index in [4.69, 9.17) is 9.15 Å². The molecule has 0 N–H and O–H groups in total. The second-order valence-electron chi connectivity index (χ2n) is 5.28. The molecule has 0 aliphatic carbocycles. The van der Waals surface area contributed by atoms with Gasteiger partial charge in [0.15, 0.2) is 9.84 Å². The molecule has 1 amide bonds. The van der Waals surface area contributed by atoms with Gasteiger partial charge < -0.3 is 9.15 Å². The van der Waals surface area contributed by atoms with Crippen LogP contribution in [0.3, 0.4) is 0 Å². The number of amidine groups is 1. The van der Waals surface area contributed by atoms with Crippen molar-refractivity contribution in [2.75, 3.05) is 13.7 Å². The van der Waals surface area contributed by atoms with Gasteiger partial charge in [-0.15, -0.1) is 0 Å². The number of carbonyl (C=O) groups excluding carboxylic acids is 2. The molecule has 1 saturated heterocycles. The quantitative estimate of drug-likeness (QED) is 0.524. The summed E-state index contributed by atoms with van der Waals surface area (Å²) in [5.41, 5.74) is 0.988. The van der Waals surface area contributed by atoms with Crippen LogP contribution >= 0.6 is 27.7 Å². The second kappa shape index (κ2) is 7.92. The molecule has 0 atom stereocenters. The van der Waals surface area contributed by atoms with Gasteiger partial charge in [-0.25, -0.2) is 9.79 Å². The van der Waals surface area contributed by atoms with Gasteiger partial charge in [-0.05, 0) is 64.9 Å². The Hall–Kier alpha value is -2.32. The molecule has 2 aromatic rings. The van der Waals surface area contributed by atoms with Crippen molar-refractivity contribution in [1.82, 2.24) is 4.90 Å². The van der Waals surface area contributed by atoms with Crippen molar-refractivity contribution < 1.29 is 18.7 Å². The summed E-state index contributed by atoms with van der Waals surface area (Å²) in [7, 11) is 1.66. The van der Waals surface area contributed by atoms with Gasteiger partial charge in [0, 0.05) is 13.1 Å². The zero-order valence-corrected chi connectivity index (χ0v) is 16.5. The van der Waals surface area contributed by atoms with Crippen LogP contribution in [0.15, 0.2) is 55.4 Å². The SMILES string of the molecule is CCOC(=O)c1cccc(N=C2SC(=Cc3ccc(Br)o3)C(=O)N2C)c1. The van der Waals surface area contributed by atoms with Crippen molar-refractivity contribution >= 4 is 56.5 Å². The van der Waals surface area contributed by atoms with E-state index >= 15 is 0 Å². The van der Waals surface area contributed by atoms with E-state index in [0.717, 1.165) is 0 Å². The average molecular weight is 435 g/mol. The number of amides is 1. The molecule has 1 aromatic carbocycles. The third kappa shape index (κ3) is 4.08. The van der Waals surface area contributed by atoms with Gasteiger partial charge in [0.25, 0.3) is 5.91 Å². The number of furan rings is 1. The molecule has 3 rings (SSSR count). The minimum absolute atomic E-state index is 0.164. The summed E-state index contributed by atoms with van der Waals surface area (Å²) >= 11 is 4.48. The molecule has 0 bridgehead atoms. The van der Waals surface area contributed by atoms with E-state index < -0.39 is 5.97 Å². The van der Waals surface area contributed by atoms with E-state index in [1.54, 1.807) is 56.4 Å². The molecule has 1 aliphatic heterocycles.